The Kier molecular flexibility index (Phi) is 8.47. The number of nitrogens with one attached hydrogen (secondary N) is 2. The number of hydrogen-bond donors (Lipinski definition) is 2. The summed E-state index contributed by atoms with van der Waals surface area (Å²) in [6.07, 6.45) is 3.57. The number of aliphatic imine (C=N–C) groups is 1. The van der Waals surface area contributed by atoms with Crippen LogP contribution in [0.15, 0.2) is 27.8 Å². The lowest BCUT2D eigenvalue weighted by molar-refractivity contribution is -0.123. The van der Waals surface area contributed by atoms with E-state index < -0.39 is 0 Å². The monoisotopic (exact) mass is 363 g/mol. The number of amides is 1. The standard InChI is InChI=1S/C19H33N5O2/c1-4-8-20-19(21-9-7-17-6-5-14-26-17)24-12-10-23(11-13-24)15-18(25)22-16(2)3/h5-6,14,16H,4,7-13,15H2,1-3H3,(H,20,21)(H,22,25). The second-order valence-electron chi connectivity index (χ2n) is 6.95. The average Bonchev–Trinajstić information content (AvgIpc) is 3.11. The summed E-state index contributed by atoms with van der Waals surface area (Å²) in [5, 5.41) is 6.42. The molecule has 2 N–H and O–H groups in total. The molecule has 1 amide bonds. The molecule has 26 heavy (non-hydrogen) atoms. The zero-order valence-corrected chi connectivity index (χ0v) is 16.3. The van der Waals surface area contributed by atoms with E-state index in [1.54, 1.807) is 6.26 Å². The van der Waals surface area contributed by atoms with E-state index in [1.165, 1.54) is 0 Å². The lowest BCUT2D eigenvalue weighted by Crippen LogP contribution is -2.54. The van der Waals surface area contributed by atoms with Crippen LogP contribution in [-0.4, -0.2) is 73.5 Å². The predicted molar refractivity (Wildman–Crippen MR) is 104 cm³/mol. The largest absolute Gasteiger partial charge is 0.469 e. The van der Waals surface area contributed by atoms with E-state index in [4.69, 9.17) is 9.41 Å². The molecule has 2 heterocycles. The third kappa shape index (κ3) is 7.07. The first-order valence-electron chi connectivity index (χ1n) is 9.66. The molecule has 0 bridgehead atoms. The van der Waals surface area contributed by atoms with Crippen LogP contribution in [0.4, 0.5) is 0 Å². The van der Waals surface area contributed by atoms with Crippen LogP contribution < -0.4 is 10.6 Å². The summed E-state index contributed by atoms with van der Waals surface area (Å²) in [5.74, 6) is 2.04. The van der Waals surface area contributed by atoms with Crippen LogP contribution in [0, 0.1) is 0 Å². The van der Waals surface area contributed by atoms with Crippen molar-refractivity contribution in [3.63, 3.8) is 0 Å². The highest BCUT2D eigenvalue weighted by molar-refractivity contribution is 5.80. The molecule has 1 saturated heterocycles. The van der Waals surface area contributed by atoms with E-state index in [1.807, 2.05) is 26.0 Å². The topological polar surface area (TPSA) is 73.1 Å². The molecular formula is C19H33N5O2. The highest BCUT2D eigenvalue weighted by Gasteiger charge is 2.21. The van der Waals surface area contributed by atoms with E-state index in [0.29, 0.717) is 6.54 Å². The zero-order valence-electron chi connectivity index (χ0n) is 16.3. The van der Waals surface area contributed by atoms with Gasteiger partial charge in [0, 0.05) is 51.7 Å². The summed E-state index contributed by atoms with van der Waals surface area (Å²) in [6.45, 7) is 11.7. The van der Waals surface area contributed by atoms with Crippen molar-refractivity contribution in [2.75, 3.05) is 45.8 Å². The maximum absolute atomic E-state index is 11.9. The van der Waals surface area contributed by atoms with Crippen LogP contribution in [-0.2, 0) is 11.2 Å². The SMILES string of the molecule is CCCN=C(NCCc1ccco1)N1CCN(CC(=O)NC(C)C)CC1. The summed E-state index contributed by atoms with van der Waals surface area (Å²) in [5.41, 5.74) is 0. The molecule has 1 aromatic heterocycles. The fourth-order valence-corrected chi connectivity index (χ4v) is 2.93. The van der Waals surface area contributed by atoms with Crippen molar-refractivity contribution < 1.29 is 9.21 Å². The molecule has 0 aromatic carbocycles. The van der Waals surface area contributed by atoms with Gasteiger partial charge in [-0.1, -0.05) is 6.92 Å². The van der Waals surface area contributed by atoms with Crippen molar-refractivity contribution in [2.24, 2.45) is 4.99 Å². The Labute approximate surface area is 156 Å². The third-order valence-electron chi connectivity index (χ3n) is 4.21. The van der Waals surface area contributed by atoms with Gasteiger partial charge >= 0.3 is 0 Å². The van der Waals surface area contributed by atoms with Gasteiger partial charge in [-0.3, -0.25) is 14.7 Å². The van der Waals surface area contributed by atoms with Gasteiger partial charge in [0.15, 0.2) is 5.96 Å². The first kappa shape index (κ1) is 20.3. The van der Waals surface area contributed by atoms with E-state index in [0.717, 1.165) is 63.8 Å². The Morgan fingerprint density at radius 3 is 2.69 bits per heavy atom. The van der Waals surface area contributed by atoms with Gasteiger partial charge in [0.1, 0.15) is 5.76 Å². The quantitative estimate of drug-likeness (QED) is 0.538. The molecule has 1 fully saturated rings. The second-order valence-corrected chi connectivity index (χ2v) is 6.95. The van der Waals surface area contributed by atoms with Crippen molar-refractivity contribution in [1.82, 2.24) is 20.4 Å². The van der Waals surface area contributed by atoms with Crippen LogP contribution in [0.5, 0.6) is 0 Å². The molecule has 7 nitrogen and oxygen atoms in total. The second kappa shape index (κ2) is 10.9. The fraction of sp³-hybridized carbons (Fsp3) is 0.684. The number of hydrogen-bond acceptors (Lipinski definition) is 4. The lowest BCUT2D eigenvalue weighted by atomic mass is 10.3. The third-order valence-corrected chi connectivity index (χ3v) is 4.21. The average molecular weight is 364 g/mol. The Bertz CT molecular complexity index is 548. The smallest absolute Gasteiger partial charge is 0.234 e. The maximum atomic E-state index is 11.9. The summed E-state index contributed by atoms with van der Waals surface area (Å²) in [4.78, 5) is 21.1. The van der Waals surface area contributed by atoms with Crippen LogP contribution in [0.2, 0.25) is 0 Å². The van der Waals surface area contributed by atoms with Crippen LogP contribution in [0.1, 0.15) is 33.0 Å². The molecule has 0 spiro atoms. The molecule has 0 radical (unpaired) electrons. The van der Waals surface area contributed by atoms with Gasteiger partial charge in [-0.2, -0.15) is 0 Å². The number of carbonyl (C=O) groups is 1. The molecule has 1 aliphatic rings. The molecular weight excluding hydrogens is 330 g/mol. The van der Waals surface area contributed by atoms with E-state index in [9.17, 15) is 4.79 Å². The van der Waals surface area contributed by atoms with Crippen molar-refractivity contribution in [3.8, 4) is 0 Å². The summed E-state index contributed by atoms with van der Waals surface area (Å²) < 4.78 is 5.38. The number of guanidine groups is 1. The Morgan fingerprint density at radius 2 is 2.08 bits per heavy atom. The molecule has 1 aromatic rings. The first-order valence-corrected chi connectivity index (χ1v) is 9.66. The minimum atomic E-state index is 0.102. The normalized spacial score (nSPS) is 16.2. The van der Waals surface area contributed by atoms with Gasteiger partial charge in [0.05, 0.1) is 12.8 Å². The van der Waals surface area contributed by atoms with Crippen LogP contribution in [0.25, 0.3) is 0 Å². The minimum absolute atomic E-state index is 0.102. The van der Waals surface area contributed by atoms with E-state index in [-0.39, 0.29) is 11.9 Å². The van der Waals surface area contributed by atoms with Gasteiger partial charge in [-0.05, 0) is 32.4 Å². The van der Waals surface area contributed by atoms with Gasteiger partial charge < -0.3 is 20.0 Å². The van der Waals surface area contributed by atoms with Gasteiger partial charge in [0.25, 0.3) is 0 Å². The number of nitrogens with zero attached hydrogens (tertiary/aromatic N) is 3. The van der Waals surface area contributed by atoms with Crippen molar-refractivity contribution in [1.29, 1.82) is 0 Å². The summed E-state index contributed by atoms with van der Waals surface area (Å²) >= 11 is 0. The molecule has 0 unspecified atom stereocenters. The lowest BCUT2D eigenvalue weighted by Gasteiger charge is -2.36. The molecule has 2 rings (SSSR count). The van der Waals surface area contributed by atoms with Gasteiger partial charge in [0.2, 0.25) is 5.91 Å². The van der Waals surface area contributed by atoms with Crippen LogP contribution >= 0.6 is 0 Å². The summed E-state index contributed by atoms with van der Waals surface area (Å²) in [7, 11) is 0. The highest BCUT2D eigenvalue weighted by Crippen LogP contribution is 2.04. The molecule has 1 aliphatic heterocycles. The highest BCUT2D eigenvalue weighted by atomic mass is 16.3. The summed E-state index contributed by atoms with van der Waals surface area (Å²) in [6, 6.07) is 4.09. The van der Waals surface area contributed by atoms with Crippen LogP contribution in [0.3, 0.4) is 0 Å². The number of rotatable bonds is 8. The van der Waals surface area contributed by atoms with Crippen molar-refractivity contribution in [3.05, 3.63) is 24.2 Å². The van der Waals surface area contributed by atoms with Crippen molar-refractivity contribution in [2.45, 2.75) is 39.7 Å². The fourth-order valence-electron chi connectivity index (χ4n) is 2.93. The molecule has 7 heteroatoms. The van der Waals surface area contributed by atoms with Gasteiger partial charge in [-0.25, -0.2) is 0 Å². The Balaban J connectivity index is 1.79. The molecule has 0 atom stereocenters. The van der Waals surface area contributed by atoms with E-state index >= 15 is 0 Å². The maximum Gasteiger partial charge on any atom is 0.234 e. The Morgan fingerprint density at radius 1 is 1.31 bits per heavy atom. The number of piperazine rings is 1. The predicted octanol–water partition coefficient (Wildman–Crippen LogP) is 1.32. The molecule has 0 aliphatic carbocycles. The minimum Gasteiger partial charge on any atom is -0.469 e. The molecule has 0 saturated carbocycles. The number of carbonyl (C=O) groups excluding carboxylic acids is 1. The van der Waals surface area contributed by atoms with Gasteiger partial charge in [-0.15, -0.1) is 0 Å². The number of furan rings is 1. The van der Waals surface area contributed by atoms with E-state index in [2.05, 4.69) is 27.4 Å². The first-order chi connectivity index (χ1) is 12.6. The molecule has 146 valence electrons. The Hall–Kier alpha value is -2.02. The van der Waals surface area contributed by atoms with Crippen molar-refractivity contribution >= 4 is 11.9 Å². The zero-order chi connectivity index (χ0) is 18.8.